The summed E-state index contributed by atoms with van der Waals surface area (Å²) in [6.07, 6.45) is 2.83. The summed E-state index contributed by atoms with van der Waals surface area (Å²) in [5, 5.41) is 4.51. The largest absolute Gasteiger partial charge is 0.345 e. The average molecular weight is 377 g/mol. The Bertz CT molecular complexity index is 949. The Kier molecular flexibility index (Phi) is 4.51. The van der Waals surface area contributed by atoms with Crippen LogP contribution >= 0.6 is 0 Å². The molecule has 1 aromatic heterocycles. The lowest BCUT2D eigenvalue weighted by Crippen LogP contribution is -2.29. The Hall–Kier alpha value is -2.42. The summed E-state index contributed by atoms with van der Waals surface area (Å²) in [7, 11) is -0.0757. The number of rotatable bonds is 4. The average Bonchev–Trinajstić information content (AvgIpc) is 3.17. The van der Waals surface area contributed by atoms with Crippen LogP contribution in [0.15, 0.2) is 24.5 Å². The minimum Gasteiger partial charge on any atom is -0.345 e. The highest BCUT2D eigenvalue weighted by atomic mass is 32.2. The topological polar surface area (TPSA) is 88.4 Å². The molecule has 0 N–H and O–H groups in total. The molecule has 0 bridgehead atoms. The summed E-state index contributed by atoms with van der Waals surface area (Å²) in [6.45, 7) is 4.23. The molecule has 1 aliphatic heterocycles. The normalized spacial score (nSPS) is 16.8. The van der Waals surface area contributed by atoms with Gasteiger partial charge in [-0.15, -0.1) is 0 Å². The first kappa shape index (κ1) is 18.4. The van der Waals surface area contributed by atoms with Gasteiger partial charge in [0.2, 0.25) is 10.0 Å². The van der Waals surface area contributed by atoms with Crippen LogP contribution in [0.4, 0.5) is 5.69 Å². The number of aromatic nitrogens is 3. The molecule has 8 nitrogen and oxygen atoms in total. The summed E-state index contributed by atoms with van der Waals surface area (Å²) < 4.78 is 27.5. The van der Waals surface area contributed by atoms with Crippen molar-refractivity contribution in [1.29, 1.82) is 0 Å². The van der Waals surface area contributed by atoms with E-state index in [1.807, 2.05) is 13.8 Å². The van der Waals surface area contributed by atoms with Gasteiger partial charge in [-0.25, -0.2) is 13.4 Å². The number of amides is 1. The molecular formula is C17H23N5O3S. The van der Waals surface area contributed by atoms with Crippen LogP contribution in [-0.4, -0.2) is 60.9 Å². The van der Waals surface area contributed by atoms with Gasteiger partial charge in [0, 0.05) is 32.2 Å². The predicted molar refractivity (Wildman–Crippen MR) is 98.9 cm³/mol. The van der Waals surface area contributed by atoms with E-state index in [0.29, 0.717) is 17.1 Å². The second-order valence-corrected chi connectivity index (χ2v) is 8.90. The number of benzene rings is 1. The quantitative estimate of drug-likeness (QED) is 0.805. The highest BCUT2D eigenvalue weighted by Gasteiger charge is 2.37. The zero-order chi connectivity index (χ0) is 19.2. The molecule has 1 aromatic carbocycles. The fourth-order valence-electron chi connectivity index (χ4n) is 3.05. The first-order chi connectivity index (χ1) is 12.1. The van der Waals surface area contributed by atoms with Crippen LogP contribution in [-0.2, 0) is 10.0 Å². The van der Waals surface area contributed by atoms with Gasteiger partial charge in [-0.1, -0.05) is 0 Å². The van der Waals surface area contributed by atoms with E-state index in [2.05, 4.69) is 10.1 Å². The van der Waals surface area contributed by atoms with E-state index in [4.69, 9.17) is 0 Å². The molecule has 1 atom stereocenters. The van der Waals surface area contributed by atoms with Crippen molar-refractivity contribution in [2.75, 3.05) is 31.2 Å². The highest BCUT2D eigenvalue weighted by molar-refractivity contribution is 7.92. The summed E-state index contributed by atoms with van der Waals surface area (Å²) in [5.41, 5.74) is 1.84. The monoisotopic (exact) mass is 377 g/mol. The van der Waals surface area contributed by atoms with Gasteiger partial charge in [-0.2, -0.15) is 5.10 Å². The molecular weight excluding hydrogens is 354 g/mol. The van der Waals surface area contributed by atoms with Crippen molar-refractivity contribution in [2.45, 2.75) is 25.8 Å². The molecule has 1 aliphatic rings. The van der Waals surface area contributed by atoms with Crippen molar-refractivity contribution in [2.24, 2.45) is 0 Å². The molecule has 1 unspecified atom stereocenters. The van der Waals surface area contributed by atoms with Crippen molar-refractivity contribution >= 4 is 21.6 Å². The number of carbonyl (C=O) groups is 1. The molecule has 0 radical (unpaired) electrons. The maximum Gasteiger partial charge on any atom is 0.253 e. The summed E-state index contributed by atoms with van der Waals surface area (Å²) in [4.78, 5) is 18.2. The minimum absolute atomic E-state index is 0.134. The Morgan fingerprint density at radius 1 is 1.31 bits per heavy atom. The van der Waals surface area contributed by atoms with Gasteiger partial charge >= 0.3 is 0 Å². The molecule has 0 fully saturated rings. The van der Waals surface area contributed by atoms with Gasteiger partial charge in [-0.3, -0.25) is 13.8 Å². The summed E-state index contributed by atoms with van der Waals surface area (Å²) in [5.74, 6) is 0.111. The second kappa shape index (κ2) is 6.39. The number of nitrogens with zero attached hydrogens (tertiary/aromatic N) is 5. The predicted octanol–water partition coefficient (Wildman–Crippen LogP) is 1.47. The smallest absolute Gasteiger partial charge is 0.253 e. The van der Waals surface area contributed by atoms with Crippen LogP contribution in [0.1, 0.15) is 47.6 Å². The van der Waals surface area contributed by atoms with Crippen LogP contribution in [0.25, 0.3) is 0 Å². The Morgan fingerprint density at radius 2 is 2.00 bits per heavy atom. The fourth-order valence-corrected chi connectivity index (χ4v) is 3.99. The number of sulfonamides is 1. The molecule has 26 heavy (non-hydrogen) atoms. The van der Waals surface area contributed by atoms with Gasteiger partial charge in [0.05, 0.1) is 17.9 Å². The zero-order valence-corrected chi connectivity index (χ0v) is 16.4. The summed E-state index contributed by atoms with van der Waals surface area (Å²) in [6, 6.07) is 5.25. The standard InChI is InChI=1S/C17H23N5O3S/c1-11(2)21-10-18-16(19-21)14-9-22(26(5,24)25)15-7-6-12(8-13(14)15)17(23)20(3)4/h6-8,10-11,14H,9H2,1-5H3. The van der Waals surface area contributed by atoms with Gasteiger partial charge in [-0.05, 0) is 37.6 Å². The lowest BCUT2D eigenvalue weighted by atomic mass is 9.98. The summed E-state index contributed by atoms with van der Waals surface area (Å²) >= 11 is 0. The van der Waals surface area contributed by atoms with Crippen LogP contribution in [0.2, 0.25) is 0 Å². The van der Waals surface area contributed by atoms with Gasteiger partial charge < -0.3 is 4.90 Å². The van der Waals surface area contributed by atoms with Crippen LogP contribution < -0.4 is 4.31 Å². The molecule has 0 aliphatic carbocycles. The maximum absolute atomic E-state index is 12.3. The van der Waals surface area contributed by atoms with Crippen LogP contribution in [0, 0.1) is 0 Å². The minimum atomic E-state index is -3.44. The Morgan fingerprint density at radius 3 is 2.54 bits per heavy atom. The lowest BCUT2D eigenvalue weighted by molar-refractivity contribution is 0.0827. The third-order valence-electron chi connectivity index (χ3n) is 4.44. The third-order valence-corrected chi connectivity index (χ3v) is 5.59. The molecule has 2 heterocycles. The van der Waals surface area contributed by atoms with E-state index in [1.165, 1.54) is 15.5 Å². The van der Waals surface area contributed by atoms with Crippen LogP contribution in [0.5, 0.6) is 0 Å². The van der Waals surface area contributed by atoms with Gasteiger partial charge in [0.25, 0.3) is 5.91 Å². The van der Waals surface area contributed by atoms with Crippen LogP contribution in [0.3, 0.4) is 0 Å². The Labute approximate surface area is 153 Å². The van der Waals surface area contributed by atoms with Crippen molar-refractivity contribution in [3.8, 4) is 0 Å². The van der Waals surface area contributed by atoms with E-state index in [1.54, 1.807) is 43.3 Å². The molecule has 2 aromatic rings. The van der Waals surface area contributed by atoms with E-state index in [-0.39, 0.29) is 24.4 Å². The first-order valence-electron chi connectivity index (χ1n) is 8.34. The molecule has 0 saturated carbocycles. The number of hydrogen-bond donors (Lipinski definition) is 0. The maximum atomic E-state index is 12.3. The van der Waals surface area contributed by atoms with Gasteiger partial charge in [0.1, 0.15) is 6.33 Å². The Balaban J connectivity index is 2.11. The first-order valence-corrected chi connectivity index (χ1v) is 10.2. The third kappa shape index (κ3) is 3.18. The lowest BCUT2D eigenvalue weighted by Gasteiger charge is -2.17. The number of anilines is 1. The molecule has 0 saturated heterocycles. The molecule has 1 amide bonds. The van der Waals surface area contributed by atoms with Crippen molar-refractivity contribution in [3.63, 3.8) is 0 Å². The SMILES string of the molecule is CC(C)n1cnc(C2CN(S(C)(=O)=O)c3ccc(C(=O)N(C)C)cc32)n1. The van der Waals surface area contributed by atoms with Gasteiger partial charge in [0.15, 0.2) is 5.82 Å². The van der Waals surface area contributed by atoms with E-state index >= 15 is 0 Å². The number of fused-ring (bicyclic) bond motifs is 1. The van der Waals surface area contributed by atoms with Crippen molar-refractivity contribution < 1.29 is 13.2 Å². The zero-order valence-electron chi connectivity index (χ0n) is 15.5. The number of carbonyl (C=O) groups excluding carboxylic acids is 1. The second-order valence-electron chi connectivity index (χ2n) is 7.00. The fraction of sp³-hybridized carbons (Fsp3) is 0.471. The van der Waals surface area contributed by atoms with E-state index < -0.39 is 10.0 Å². The molecule has 140 valence electrons. The molecule has 0 spiro atoms. The van der Waals surface area contributed by atoms with E-state index in [0.717, 1.165) is 5.56 Å². The van der Waals surface area contributed by atoms with E-state index in [9.17, 15) is 13.2 Å². The highest BCUT2D eigenvalue weighted by Crippen LogP contribution is 2.41. The molecule has 3 rings (SSSR count). The molecule has 9 heteroatoms. The number of hydrogen-bond acceptors (Lipinski definition) is 5. The van der Waals surface area contributed by atoms with Crippen molar-refractivity contribution in [3.05, 3.63) is 41.5 Å². The van der Waals surface area contributed by atoms with Crippen molar-refractivity contribution in [1.82, 2.24) is 19.7 Å².